The number of hydrogen-bond donors (Lipinski definition) is 2. The van der Waals surface area contributed by atoms with Gasteiger partial charge in [0.15, 0.2) is 0 Å². The van der Waals surface area contributed by atoms with E-state index in [4.69, 9.17) is 10.8 Å². The van der Waals surface area contributed by atoms with Crippen molar-refractivity contribution < 1.29 is 9.90 Å². The molecule has 2 atom stereocenters. The van der Waals surface area contributed by atoms with Gasteiger partial charge in [0, 0.05) is 0 Å². The SMILES string of the molecule is C=CCC[C@H]1C[C@]1(N)C(=O)O. The summed E-state index contributed by atoms with van der Waals surface area (Å²) in [7, 11) is 0. The molecule has 0 aromatic carbocycles. The van der Waals surface area contributed by atoms with E-state index in [1.807, 2.05) is 0 Å². The van der Waals surface area contributed by atoms with Gasteiger partial charge >= 0.3 is 5.97 Å². The minimum atomic E-state index is -0.914. The smallest absolute Gasteiger partial charge is 0.323 e. The molecule has 1 fully saturated rings. The van der Waals surface area contributed by atoms with Gasteiger partial charge in [0.2, 0.25) is 0 Å². The van der Waals surface area contributed by atoms with E-state index in [0.29, 0.717) is 6.42 Å². The fourth-order valence-corrected chi connectivity index (χ4v) is 1.29. The summed E-state index contributed by atoms with van der Waals surface area (Å²) in [5, 5.41) is 8.63. The summed E-state index contributed by atoms with van der Waals surface area (Å²) in [6.45, 7) is 3.56. The van der Waals surface area contributed by atoms with Gasteiger partial charge in [-0.25, -0.2) is 0 Å². The zero-order valence-electron chi connectivity index (χ0n) is 6.42. The summed E-state index contributed by atoms with van der Waals surface area (Å²) in [6, 6.07) is 0. The van der Waals surface area contributed by atoms with Crippen molar-refractivity contribution in [2.45, 2.75) is 24.8 Å². The topological polar surface area (TPSA) is 63.3 Å². The van der Waals surface area contributed by atoms with Crippen LogP contribution in [0, 0.1) is 5.92 Å². The van der Waals surface area contributed by atoms with E-state index in [0.717, 1.165) is 12.8 Å². The van der Waals surface area contributed by atoms with Crippen molar-refractivity contribution in [3.8, 4) is 0 Å². The molecule has 0 bridgehead atoms. The van der Waals surface area contributed by atoms with Crippen LogP contribution in [0.4, 0.5) is 0 Å². The highest BCUT2D eigenvalue weighted by molar-refractivity contribution is 5.82. The maximum absolute atomic E-state index is 10.5. The number of aliphatic carboxylic acids is 1. The Morgan fingerprint density at radius 1 is 1.91 bits per heavy atom. The van der Waals surface area contributed by atoms with Crippen LogP contribution in [0.1, 0.15) is 19.3 Å². The molecule has 0 unspecified atom stereocenters. The zero-order valence-corrected chi connectivity index (χ0v) is 6.42. The molecule has 3 N–H and O–H groups in total. The van der Waals surface area contributed by atoms with Crippen LogP contribution in [0.5, 0.6) is 0 Å². The average molecular weight is 155 g/mol. The molecule has 0 aliphatic heterocycles. The van der Waals surface area contributed by atoms with Gasteiger partial charge in [-0.05, 0) is 25.2 Å². The minimum Gasteiger partial charge on any atom is -0.480 e. The first kappa shape index (κ1) is 8.27. The summed E-state index contributed by atoms with van der Waals surface area (Å²) < 4.78 is 0. The highest BCUT2D eigenvalue weighted by Gasteiger charge is 2.56. The fraction of sp³-hybridized carbons (Fsp3) is 0.625. The van der Waals surface area contributed by atoms with Crippen molar-refractivity contribution in [2.75, 3.05) is 0 Å². The Hall–Kier alpha value is -0.830. The second kappa shape index (κ2) is 2.66. The van der Waals surface area contributed by atoms with Crippen LogP contribution in [0.25, 0.3) is 0 Å². The van der Waals surface area contributed by atoms with Gasteiger partial charge in [0.1, 0.15) is 5.54 Å². The maximum atomic E-state index is 10.5. The van der Waals surface area contributed by atoms with E-state index in [1.165, 1.54) is 0 Å². The van der Waals surface area contributed by atoms with Gasteiger partial charge in [-0.2, -0.15) is 0 Å². The first-order valence-corrected chi connectivity index (χ1v) is 3.74. The molecule has 62 valence electrons. The molecule has 11 heavy (non-hydrogen) atoms. The average Bonchev–Trinajstić information content (AvgIpc) is 2.59. The molecule has 0 heterocycles. The lowest BCUT2D eigenvalue weighted by atomic mass is 10.1. The molecule has 3 nitrogen and oxygen atoms in total. The standard InChI is InChI=1S/C8H13NO2/c1-2-3-4-6-5-8(6,9)7(10)11/h2,6H,1,3-5,9H2,(H,10,11)/t6-,8+/m0/s1. The number of carboxylic acid groups (broad SMARTS) is 1. The molecule has 1 aliphatic rings. The molecule has 1 saturated carbocycles. The number of carbonyl (C=O) groups is 1. The molecular weight excluding hydrogens is 142 g/mol. The third kappa shape index (κ3) is 1.43. The minimum absolute atomic E-state index is 0.165. The molecule has 0 amide bonds. The lowest BCUT2D eigenvalue weighted by Crippen LogP contribution is -2.35. The Bertz CT molecular complexity index is 191. The first-order chi connectivity index (χ1) is 5.11. The van der Waals surface area contributed by atoms with Gasteiger partial charge in [0.25, 0.3) is 0 Å². The van der Waals surface area contributed by atoms with Crippen molar-refractivity contribution in [3.05, 3.63) is 12.7 Å². The Morgan fingerprint density at radius 3 is 2.91 bits per heavy atom. The van der Waals surface area contributed by atoms with Gasteiger partial charge in [-0.3, -0.25) is 4.79 Å². The van der Waals surface area contributed by atoms with Crippen LogP contribution in [-0.4, -0.2) is 16.6 Å². The van der Waals surface area contributed by atoms with Crippen molar-refractivity contribution in [3.63, 3.8) is 0 Å². The summed E-state index contributed by atoms with van der Waals surface area (Å²) in [5.41, 5.74) is 4.63. The molecule has 1 rings (SSSR count). The van der Waals surface area contributed by atoms with Crippen LogP contribution >= 0.6 is 0 Å². The summed E-state index contributed by atoms with van der Waals surface area (Å²) in [4.78, 5) is 10.5. The van der Waals surface area contributed by atoms with E-state index in [-0.39, 0.29) is 5.92 Å². The Labute approximate surface area is 65.9 Å². The van der Waals surface area contributed by atoms with Crippen LogP contribution in [0.15, 0.2) is 12.7 Å². The van der Waals surface area contributed by atoms with E-state index in [1.54, 1.807) is 6.08 Å². The van der Waals surface area contributed by atoms with Gasteiger partial charge < -0.3 is 10.8 Å². The fourth-order valence-electron chi connectivity index (χ4n) is 1.29. The van der Waals surface area contributed by atoms with E-state index >= 15 is 0 Å². The van der Waals surface area contributed by atoms with Gasteiger partial charge in [0.05, 0.1) is 0 Å². The van der Waals surface area contributed by atoms with Crippen molar-refractivity contribution in [1.29, 1.82) is 0 Å². The van der Waals surface area contributed by atoms with E-state index in [2.05, 4.69) is 6.58 Å². The highest BCUT2D eigenvalue weighted by Crippen LogP contribution is 2.44. The van der Waals surface area contributed by atoms with Crippen LogP contribution < -0.4 is 5.73 Å². The van der Waals surface area contributed by atoms with E-state index < -0.39 is 11.5 Å². The normalized spacial score (nSPS) is 34.8. The number of nitrogens with two attached hydrogens (primary N) is 1. The van der Waals surface area contributed by atoms with E-state index in [9.17, 15) is 4.79 Å². The second-order valence-electron chi connectivity index (χ2n) is 3.11. The number of rotatable bonds is 4. The third-order valence-electron chi connectivity index (χ3n) is 2.27. The molecule has 0 spiro atoms. The van der Waals surface area contributed by atoms with Gasteiger partial charge in [-0.1, -0.05) is 6.08 Å². The second-order valence-corrected chi connectivity index (χ2v) is 3.11. The molecule has 0 aromatic heterocycles. The monoisotopic (exact) mass is 155 g/mol. The Morgan fingerprint density at radius 2 is 2.55 bits per heavy atom. The number of allylic oxidation sites excluding steroid dienone is 1. The Balaban J connectivity index is 2.34. The van der Waals surface area contributed by atoms with Gasteiger partial charge in [-0.15, -0.1) is 6.58 Å². The first-order valence-electron chi connectivity index (χ1n) is 3.74. The summed E-state index contributed by atoms with van der Waals surface area (Å²) in [5.74, 6) is -0.704. The molecule has 0 radical (unpaired) electrons. The highest BCUT2D eigenvalue weighted by atomic mass is 16.4. The lowest BCUT2D eigenvalue weighted by Gasteiger charge is -2.02. The maximum Gasteiger partial charge on any atom is 0.323 e. The predicted octanol–water partition coefficient (Wildman–Crippen LogP) is 0.755. The van der Waals surface area contributed by atoms with Crippen LogP contribution in [0.2, 0.25) is 0 Å². The van der Waals surface area contributed by atoms with Crippen molar-refractivity contribution >= 4 is 5.97 Å². The molecule has 0 saturated heterocycles. The molecular formula is C8H13NO2. The predicted molar refractivity (Wildman–Crippen MR) is 42.1 cm³/mol. The summed E-state index contributed by atoms with van der Waals surface area (Å²) in [6.07, 6.45) is 4.12. The number of hydrogen-bond acceptors (Lipinski definition) is 2. The van der Waals surface area contributed by atoms with Crippen molar-refractivity contribution in [2.24, 2.45) is 11.7 Å². The third-order valence-corrected chi connectivity index (χ3v) is 2.27. The lowest BCUT2D eigenvalue weighted by molar-refractivity contribution is -0.140. The van der Waals surface area contributed by atoms with Crippen LogP contribution in [-0.2, 0) is 4.79 Å². The molecule has 1 aliphatic carbocycles. The largest absolute Gasteiger partial charge is 0.480 e. The zero-order chi connectivity index (χ0) is 8.48. The quantitative estimate of drug-likeness (QED) is 0.589. The molecule has 0 aromatic rings. The van der Waals surface area contributed by atoms with Crippen LogP contribution in [0.3, 0.4) is 0 Å². The molecule has 3 heteroatoms. The Kier molecular flexibility index (Phi) is 2.00. The van der Waals surface area contributed by atoms with Crippen molar-refractivity contribution in [1.82, 2.24) is 0 Å². The number of carboxylic acids is 1. The summed E-state index contributed by atoms with van der Waals surface area (Å²) >= 11 is 0.